The van der Waals surface area contributed by atoms with Crippen molar-refractivity contribution in [3.05, 3.63) is 49.2 Å². The first kappa shape index (κ1) is 17.2. The maximum atomic E-state index is 4.69. The number of hydrogen-bond acceptors (Lipinski definition) is 5. The molecule has 1 N–H and O–H groups in total. The number of nitrogens with zero attached hydrogens (tertiary/aromatic N) is 6. The van der Waals surface area contributed by atoms with Crippen molar-refractivity contribution in [3.63, 3.8) is 0 Å². The highest BCUT2D eigenvalue weighted by Gasteiger charge is 2.23. The van der Waals surface area contributed by atoms with Crippen LogP contribution in [0.15, 0.2) is 49.2 Å². The summed E-state index contributed by atoms with van der Waals surface area (Å²) in [5.41, 5.74) is 4.19. The highest BCUT2D eigenvalue weighted by molar-refractivity contribution is 5.80. The average molecular weight is 375 g/mol. The van der Waals surface area contributed by atoms with Crippen LogP contribution in [-0.4, -0.2) is 55.1 Å². The second-order valence-electron chi connectivity index (χ2n) is 7.86. The van der Waals surface area contributed by atoms with Gasteiger partial charge in [-0.2, -0.15) is 0 Å². The van der Waals surface area contributed by atoms with Gasteiger partial charge in [-0.25, -0.2) is 14.5 Å². The molecule has 4 aromatic rings. The minimum Gasteiger partial charge on any atom is -0.350 e. The first-order valence-electron chi connectivity index (χ1n) is 9.88. The molecule has 0 saturated heterocycles. The van der Waals surface area contributed by atoms with E-state index in [-0.39, 0.29) is 0 Å². The van der Waals surface area contributed by atoms with Crippen LogP contribution in [0.3, 0.4) is 0 Å². The lowest BCUT2D eigenvalue weighted by molar-refractivity contribution is 0.221. The van der Waals surface area contributed by atoms with E-state index in [1.807, 2.05) is 39.8 Å². The van der Waals surface area contributed by atoms with E-state index in [0.717, 1.165) is 35.1 Å². The number of imidazole rings is 1. The Morgan fingerprint density at radius 2 is 1.89 bits per heavy atom. The standard InChI is InChI=1S/C21H25N7/c1-26(2)17-6-4-16(5-7-17)24-21-23-13-19-18(9-11-28(19)25-21)15-3-8-20-22-10-12-27(20)14-15/h3,8-14,16-17H,4-7H2,1-2H3,(H,24,25)/t16-,17-. The van der Waals surface area contributed by atoms with Crippen molar-refractivity contribution in [2.24, 2.45) is 0 Å². The molecule has 0 aromatic carbocycles. The highest BCUT2D eigenvalue weighted by Crippen LogP contribution is 2.27. The van der Waals surface area contributed by atoms with Crippen molar-refractivity contribution in [3.8, 4) is 11.1 Å². The van der Waals surface area contributed by atoms with Gasteiger partial charge >= 0.3 is 0 Å². The molecule has 5 rings (SSSR count). The second-order valence-corrected chi connectivity index (χ2v) is 7.86. The zero-order valence-electron chi connectivity index (χ0n) is 16.3. The molecule has 1 fully saturated rings. The summed E-state index contributed by atoms with van der Waals surface area (Å²) >= 11 is 0. The Bertz CT molecular complexity index is 1100. The third-order valence-corrected chi connectivity index (χ3v) is 5.88. The summed E-state index contributed by atoms with van der Waals surface area (Å²) in [5.74, 6) is 0.702. The maximum Gasteiger partial charge on any atom is 0.241 e. The fourth-order valence-corrected chi connectivity index (χ4v) is 4.21. The van der Waals surface area contributed by atoms with Crippen molar-refractivity contribution in [2.75, 3.05) is 19.4 Å². The van der Waals surface area contributed by atoms with E-state index >= 15 is 0 Å². The van der Waals surface area contributed by atoms with Gasteiger partial charge in [-0.15, -0.1) is 5.10 Å². The van der Waals surface area contributed by atoms with Crippen molar-refractivity contribution < 1.29 is 0 Å². The lowest BCUT2D eigenvalue weighted by atomic mass is 9.91. The first-order valence-corrected chi connectivity index (χ1v) is 9.88. The summed E-state index contributed by atoms with van der Waals surface area (Å²) in [6, 6.07) is 7.36. The lowest BCUT2D eigenvalue weighted by Crippen LogP contribution is -2.36. The summed E-state index contributed by atoms with van der Waals surface area (Å²) in [6.07, 6.45) is 14.5. The topological polar surface area (TPSA) is 62.8 Å². The average Bonchev–Trinajstić information content (AvgIpc) is 3.34. The van der Waals surface area contributed by atoms with Gasteiger partial charge in [-0.3, -0.25) is 0 Å². The van der Waals surface area contributed by atoms with Crippen LogP contribution < -0.4 is 5.32 Å². The Kier molecular flexibility index (Phi) is 4.24. The first-order chi connectivity index (χ1) is 13.7. The van der Waals surface area contributed by atoms with Gasteiger partial charge < -0.3 is 14.6 Å². The number of pyridine rings is 1. The molecule has 0 spiro atoms. The summed E-state index contributed by atoms with van der Waals surface area (Å²) in [5, 5.41) is 8.22. The highest BCUT2D eigenvalue weighted by atomic mass is 15.3. The third kappa shape index (κ3) is 3.11. The summed E-state index contributed by atoms with van der Waals surface area (Å²) in [6.45, 7) is 0. The Morgan fingerprint density at radius 1 is 1.04 bits per heavy atom. The van der Waals surface area contributed by atoms with Gasteiger partial charge in [0.25, 0.3) is 0 Å². The van der Waals surface area contributed by atoms with Gasteiger partial charge in [0.05, 0.1) is 11.7 Å². The molecule has 28 heavy (non-hydrogen) atoms. The molecule has 0 atom stereocenters. The van der Waals surface area contributed by atoms with E-state index in [1.54, 1.807) is 0 Å². The normalized spacial score (nSPS) is 20.2. The van der Waals surface area contributed by atoms with E-state index in [9.17, 15) is 0 Å². The van der Waals surface area contributed by atoms with Crippen LogP contribution in [0.1, 0.15) is 25.7 Å². The number of hydrogen-bond donors (Lipinski definition) is 1. The molecule has 144 valence electrons. The predicted octanol–water partition coefficient (Wildman–Crippen LogP) is 3.33. The van der Waals surface area contributed by atoms with Crippen LogP contribution in [0.5, 0.6) is 0 Å². The van der Waals surface area contributed by atoms with E-state index in [0.29, 0.717) is 18.0 Å². The van der Waals surface area contributed by atoms with Crippen molar-refractivity contribution in [1.82, 2.24) is 28.9 Å². The van der Waals surface area contributed by atoms with Crippen molar-refractivity contribution in [2.45, 2.75) is 37.8 Å². The smallest absolute Gasteiger partial charge is 0.241 e. The fraction of sp³-hybridized carbons (Fsp3) is 0.381. The monoisotopic (exact) mass is 375 g/mol. The Morgan fingerprint density at radius 3 is 2.71 bits per heavy atom. The molecule has 0 unspecified atom stereocenters. The van der Waals surface area contributed by atoms with Gasteiger partial charge in [0, 0.05) is 48.0 Å². The largest absolute Gasteiger partial charge is 0.350 e. The molecule has 4 heterocycles. The van der Waals surface area contributed by atoms with Gasteiger partial charge in [-0.05, 0) is 58.0 Å². The molecule has 4 aromatic heterocycles. The minimum absolute atomic E-state index is 0.451. The molecule has 0 radical (unpaired) electrons. The van der Waals surface area contributed by atoms with E-state index in [2.05, 4.69) is 57.7 Å². The minimum atomic E-state index is 0.451. The Balaban J connectivity index is 1.36. The van der Waals surface area contributed by atoms with Crippen molar-refractivity contribution >= 4 is 17.1 Å². The zero-order valence-corrected chi connectivity index (χ0v) is 16.3. The molecular weight excluding hydrogens is 350 g/mol. The van der Waals surface area contributed by atoms with Crippen LogP contribution >= 0.6 is 0 Å². The Labute approximate surface area is 164 Å². The third-order valence-electron chi connectivity index (χ3n) is 5.88. The van der Waals surface area contributed by atoms with Gasteiger partial charge in [0.1, 0.15) is 5.65 Å². The molecule has 7 nitrogen and oxygen atoms in total. The molecule has 1 aliphatic rings. The molecule has 1 aliphatic carbocycles. The summed E-state index contributed by atoms with van der Waals surface area (Å²) < 4.78 is 3.94. The number of anilines is 1. The summed E-state index contributed by atoms with van der Waals surface area (Å²) in [4.78, 5) is 11.2. The number of rotatable bonds is 4. The Hall–Kier alpha value is -2.93. The number of nitrogens with one attached hydrogen (secondary N) is 1. The zero-order chi connectivity index (χ0) is 19.1. The van der Waals surface area contributed by atoms with Crippen LogP contribution in [0.2, 0.25) is 0 Å². The second kappa shape index (κ2) is 6.91. The molecule has 0 bridgehead atoms. The number of fused-ring (bicyclic) bond motifs is 2. The van der Waals surface area contributed by atoms with Gasteiger partial charge in [0.2, 0.25) is 5.95 Å². The lowest BCUT2D eigenvalue weighted by Gasteiger charge is -2.32. The maximum absolute atomic E-state index is 4.69. The fourth-order valence-electron chi connectivity index (χ4n) is 4.21. The molecule has 7 heteroatoms. The number of aromatic nitrogens is 5. The van der Waals surface area contributed by atoms with Crippen LogP contribution in [0.25, 0.3) is 22.3 Å². The van der Waals surface area contributed by atoms with Gasteiger partial charge in [-0.1, -0.05) is 0 Å². The quantitative estimate of drug-likeness (QED) is 0.593. The summed E-state index contributed by atoms with van der Waals surface area (Å²) in [7, 11) is 4.34. The predicted molar refractivity (Wildman–Crippen MR) is 111 cm³/mol. The van der Waals surface area contributed by atoms with Crippen LogP contribution in [0, 0.1) is 0 Å². The molecule has 0 amide bonds. The van der Waals surface area contributed by atoms with Crippen LogP contribution in [0.4, 0.5) is 5.95 Å². The molecule has 1 saturated carbocycles. The molecular formula is C21H25N7. The molecule has 0 aliphatic heterocycles. The van der Waals surface area contributed by atoms with Gasteiger partial charge in [0.15, 0.2) is 0 Å². The van der Waals surface area contributed by atoms with E-state index in [1.165, 1.54) is 12.8 Å². The van der Waals surface area contributed by atoms with E-state index in [4.69, 9.17) is 0 Å². The SMILES string of the molecule is CN(C)[C@H]1CC[C@H](Nc2ncc3c(-c4ccc5nccn5c4)ccn3n2)CC1. The van der Waals surface area contributed by atoms with Crippen LogP contribution in [-0.2, 0) is 0 Å². The van der Waals surface area contributed by atoms with Crippen molar-refractivity contribution in [1.29, 1.82) is 0 Å². The van der Waals surface area contributed by atoms with E-state index < -0.39 is 0 Å².